The lowest BCUT2D eigenvalue weighted by atomic mass is 9.92. The molecule has 0 aliphatic carbocycles. The van der Waals surface area contributed by atoms with Crippen LogP contribution >= 0.6 is 0 Å². The van der Waals surface area contributed by atoms with Crippen molar-refractivity contribution in [3.8, 4) is 0 Å². The molecule has 0 atom stereocenters. The molecule has 26 heavy (non-hydrogen) atoms. The molecule has 2 heteroatoms. The van der Waals surface area contributed by atoms with Crippen molar-refractivity contribution in [1.82, 2.24) is 0 Å². The fourth-order valence-electron chi connectivity index (χ4n) is 5.62. The van der Waals surface area contributed by atoms with Gasteiger partial charge in [0.25, 0.3) is 0 Å². The van der Waals surface area contributed by atoms with Gasteiger partial charge in [-0.15, -0.1) is 0 Å². The smallest absolute Gasteiger partial charge is 0.0399 e. The number of hydrogen-bond acceptors (Lipinski definition) is 0. The number of rotatable bonds is 7. The van der Waals surface area contributed by atoms with Crippen molar-refractivity contribution in [3.63, 3.8) is 0 Å². The molecule has 0 N–H and O–H groups in total. The molecule has 2 heterocycles. The van der Waals surface area contributed by atoms with E-state index in [-0.39, 0.29) is 8.80 Å². The molecule has 144 valence electrons. The van der Waals surface area contributed by atoms with E-state index in [9.17, 15) is 0 Å². The maximum Gasteiger partial charge on any atom is 0.0399 e. The van der Waals surface area contributed by atoms with Gasteiger partial charge in [0, 0.05) is 17.6 Å². The normalized spacial score (nSPS) is 29.9. The minimum Gasteiger partial charge on any atom is -0.0917 e. The average molecular weight is 385 g/mol. The summed E-state index contributed by atoms with van der Waals surface area (Å²) in [5, 5.41) is 0. The minimum absolute atomic E-state index is 0.352. The zero-order chi connectivity index (χ0) is 18.2. The molecule has 0 amide bonds. The number of hydrogen-bond donors (Lipinski definition) is 0. The largest absolute Gasteiger partial charge is 0.0917 e. The van der Waals surface area contributed by atoms with E-state index < -0.39 is 8.80 Å². The molecule has 0 nitrogen and oxygen atoms in total. The molecule has 0 bridgehead atoms. The maximum atomic E-state index is 2.44. The first-order valence-electron chi connectivity index (χ1n) is 11.5. The van der Waals surface area contributed by atoms with Crippen LogP contribution in [0.4, 0.5) is 0 Å². The number of allylic oxidation sites excluding steroid dienone is 2. The monoisotopic (exact) mass is 384 g/mol. The van der Waals surface area contributed by atoms with Crippen molar-refractivity contribution in [2.24, 2.45) is 0 Å². The quantitative estimate of drug-likeness (QED) is 0.347. The Morgan fingerprint density at radius 3 is 2.27 bits per heavy atom. The van der Waals surface area contributed by atoms with E-state index in [0.717, 1.165) is 5.92 Å². The zero-order valence-electron chi connectivity index (χ0n) is 17.3. The van der Waals surface area contributed by atoms with E-state index in [0.29, 0.717) is 0 Å². The van der Waals surface area contributed by atoms with Gasteiger partial charge in [0.2, 0.25) is 0 Å². The van der Waals surface area contributed by atoms with E-state index >= 15 is 0 Å². The van der Waals surface area contributed by atoms with Crippen LogP contribution in [0.1, 0.15) is 69.4 Å². The molecule has 2 aliphatic heterocycles. The molecule has 1 aromatic rings. The van der Waals surface area contributed by atoms with Gasteiger partial charge in [0.05, 0.1) is 0 Å². The van der Waals surface area contributed by atoms with E-state index in [1.165, 1.54) is 43.2 Å². The Bertz CT molecular complexity index is 532. The lowest BCUT2D eigenvalue weighted by Crippen LogP contribution is -2.30. The minimum atomic E-state index is -0.443. The van der Waals surface area contributed by atoms with Gasteiger partial charge < -0.3 is 0 Å². The molecule has 0 aromatic heterocycles. The van der Waals surface area contributed by atoms with Crippen LogP contribution in [0.5, 0.6) is 0 Å². The topological polar surface area (TPSA) is 0 Å². The van der Waals surface area contributed by atoms with Crippen molar-refractivity contribution in [2.45, 2.75) is 100 Å². The van der Waals surface area contributed by atoms with Crippen molar-refractivity contribution >= 4 is 17.6 Å². The Morgan fingerprint density at radius 1 is 0.962 bits per heavy atom. The van der Waals surface area contributed by atoms with E-state index in [4.69, 9.17) is 0 Å². The number of benzene rings is 1. The van der Waals surface area contributed by atoms with Crippen molar-refractivity contribution in [1.29, 1.82) is 0 Å². The van der Waals surface area contributed by atoms with Crippen molar-refractivity contribution in [3.05, 3.63) is 47.5 Å². The molecule has 2 saturated heterocycles. The Balaban J connectivity index is 1.41. The highest BCUT2D eigenvalue weighted by molar-refractivity contribution is 6.63. The Hall–Kier alpha value is -0.606. The second kappa shape index (κ2) is 10.7. The highest BCUT2D eigenvalue weighted by Crippen LogP contribution is 2.42. The van der Waals surface area contributed by atoms with Crippen molar-refractivity contribution < 1.29 is 0 Å². The summed E-state index contributed by atoms with van der Waals surface area (Å²) in [5.41, 5.74) is 4.38. The highest BCUT2D eigenvalue weighted by atomic mass is 28.3. The van der Waals surface area contributed by atoms with Crippen LogP contribution in [0, 0.1) is 0 Å². The second-order valence-corrected chi connectivity index (χ2v) is 16.1. The van der Waals surface area contributed by atoms with Crippen LogP contribution in [0.2, 0.25) is 35.8 Å². The third kappa shape index (κ3) is 5.69. The summed E-state index contributed by atoms with van der Waals surface area (Å²) in [5.74, 6) is 0.876. The molecular formula is C24H40Si2. The first-order valence-corrected chi connectivity index (χ1v) is 16.2. The molecule has 1 aromatic carbocycles. The lowest BCUT2D eigenvalue weighted by Gasteiger charge is -2.37. The van der Waals surface area contributed by atoms with Crippen LogP contribution < -0.4 is 0 Å². The summed E-state index contributed by atoms with van der Waals surface area (Å²) in [6.45, 7) is 4.44. The van der Waals surface area contributed by atoms with Crippen LogP contribution in [0.25, 0.3) is 0 Å². The van der Waals surface area contributed by atoms with Crippen molar-refractivity contribution in [2.75, 3.05) is 0 Å². The summed E-state index contributed by atoms with van der Waals surface area (Å²) in [7, 11) is -0.795. The van der Waals surface area contributed by atoms with Crippen LogP contribution in [-0.4, -0.2) is 17.6 Å². The van der Waals surface area contributed by atoms with Gasteiger partial charge in [-0.05, 0) is 55.2 Å². The fraction of sp³-hybridized carbons (Fsp3) is 0.667. The molecule has 2 aliphatic rings. The first-order chi connectivity index (χ1) is 12.8. The molecule has 0 spiro atoms. The number of aryl methyl sites for hydroxylation is 1. The van der Waals surface area contributed by atoms with Gasteiger partial charge in [0.1, 0.15) is 0 Å². The average Bonchev–Trinajstić information content (AvgIpc) is 2.70. The second-order valence-electron chi connectivity index (χ2n) is 9.03. The summed E-state index contributed by atoms with van der Waals surface area (Å²) in [6, 6.07) is 17.9. The van der Waals surface area contributed by atoms with Crippen LogP contribution in [0.3, 0.4) is 0 Å². The van der Waals surface area contributed by atoms with Gasteiger partial charge in [-0.25, -0.2) is 0 Å². The highest BCUT2D eigenvalue weighted by Gasteiger charge is 2.32. The Labute approximate surface area is 165 Å². The molecule has 0 unspecified atom stereocenters. The standard InChI is InChI=1S/C24H40Si2/c1-3-5-6-16-25-17-14-24(15-18-25)26-19-12-23(13-20-26)22-10-8-21(7-4-2)9-11-22/h3,5,8-11,23-26H,4,6-7,12-20H2,1-2H3. The van der Waals surface area contributed by atoms with Crippen LogP contribution in [-0.2, 0) is 6.42 Å². The molecule has 3 rings (SSSR count). The van der Waals surface area contributed by atoms with Gasteiger partial charge in [-0.2, -0.15) is 0 Å². The van der Waals surface area contributed by atoms with Crippen LogP contribution in [0.15, 0.2) is 36.4 Å². The molecular weight excluding hydrogens is 344 g/mol. The zero-order valence-corrected chi connectivity index (χ0v) is 19.6. The first kappa shape index (κ1) is 20.1. The van der Waals surface area contributed by atoms with E-state index in [2.05, 4.69) is 50.3 Å². The lowest BCUT2D eigenvalue weighted by molar-refractivity contribution is 0.585. The van der Waals surface area contributed by atoms with E-state index in [1.54, 1.807) is 48.6 Å². The fourth-order valence-corrected chi connectivity index (χ4v) is 13.9. The Kier molecular flexibility index (Phi) is 8.25. The summed E-state index contributed by atoms with van der Waals surface area (Å²) < 4.78 is 0. The molecule has 0 saturated carbocycles. The van der Waals surface area contributed by atoms with Gasteiger partial charge in [0.15, 0.2) is 0 Å². The summed E-state index contributed by atoms with van der Waals surface area (Å²) in [6.07, 6.45) is 14.8. The Morgan fingerprint density at radius 2 is 1.65 bits per heavy atom. The van der Waals surface area contributed by atoms with Gasteiger partial charge in [-0.3, -0.25) is 0 Å². The molecule has 2 fully saturated rings. The van der Waals surface area contributed by atoms with Gasteiger partial charge in [-0.1, -0.05) is 92.8 Å². The maximum absolute atomic E-state index is 2.44. The predicted molar refractivity (Wildman–Crippen MR) is 123 cm³/mol. The summed E-state index contributed by atoms with van der Waals surface area (Å²) in [4.78, 5) is 0. The third-order valence-corrected chi connectivity index (χ3v) is 14.9. The van der Waals surface area contributed by atoms with Gasteiger partial charge >= 0.3 is 0 Å². The summed E-state index contributed by atoms with van der Waals surface area (Å²) >= 11 is 0. The molecule has 0 radical (unpaired) electrons. The van der Waals surface area contributed by atoms with E-state index in [1.807, 2.05) is 0 Å². The predicted octanol–water partition coefficient (Wildman–Crippen LogP) is 7.10. The third-order valence-electron chi connectivity index (χ3n) is 7.30. The SMILES string of the molecule is CC=CCC[SiH]1CCC([SiH]2CCC(c3ccc(CCC)cc3)CC2)CC1.